The molecule has 1 heterocycles. The van der Waals surface area contributed by atoms with Crippen LogP contribution in [0.3, 0.4) is 0 Å². The van der Waals surface area contributed by atoms with Crippen LogP contribution in [0.5, 0.6) is 0 Å². The first-order valence-corrected chi connectivity index (χ1v) is 5.80. The maximum Gasteiger partial charge on any atom is 0.246 e. The Labute approximate surface area is 101 Å². The molecule has 6 heteroatoms. The van der Waals surface area contributed by atoms with Gasteiger partial charge < -0.3 is 20.1 Å². The van der Waals surface area contributed by atoms with E-state index >= 15 is 0 Å². The van der Waals surface area contributed by atoms with Gasteiger partial charge in [0.1, 0.15) is 6.61 Å². The number of ether oxygens (including phenoxy) is 2. The van der Waals surface area contributed by atoms with Crippen LogP contribution in [0.2, 0.25) is 0 Å². The maximum absolute atomic E-state index is 11.2. The zero-order valence-electron chi connectivity index (χ0n) is 10.1. The van der Waals surface area contributed by atoms with E-state index in [0.717, 1.165) is 13.1 Å². The van der Waals surface area contributed by atoms with Crippen molar-refractivity contribution >= 4 is 5.91 Å². The molecule has 0 aromatic carbocycles. The van der Waals surface area contributed by atoms with Gasteiger partial charge in [0.2, 0.25) is 5.91 Å². The molecule has 0 saturated carbocycles. The highest BCUT2D eigenvalue weighted by Crippen LogP contribution is 2.03. The van der Waals surface area contributed by atoms with Crippen LogP contribution in [0.1, 0.15) is 13.3 Å². The lowest BCUT2D eigenvalue weighted by molar-refractivity contribution is -0.128. The zero-order chi connectivity index (χ0) is 12.5. The zero-order valence-corrected chi connectivity index (χ0v) is 10.1. The molecule has 0 radical (unpaired) electrons. The molecule has 2 N–H and O–H groups in total. The topological polar surface area (TPSA) is 83.4 Å². The third-order valence-corrected chi connectivity index (χ3v) is 2.32. The first-order valence-electron chi connectivity index (χ1n) is 5.80. The van der Waals surface area contributed by atoms with Gasteiger partial charge >= 0.3 is 0 Å². The Kier molecular flexibility index (Phi) is 6.55. The predicted octanol–water partition coefficient (Wildman–Crippen LogP) is -0.590. The van der Waals surface area contributed by atoms with E-state index < -0.39 is 0 Å². The molecule has 1 saturated heterocycles. The molecule has 0 aliphatic carbocycles. The Morgan fingerprint density at radius 1 is 1.65 bits per heavy atom. The molecule has 0 aromatic heterocycles. The fraction of sp³-hybridized carbons (Fsp3) is 0.818. The normalized spacial score (nSPS) is 24.0. The van der Waals surface area contributed by atoms with Crippen LogP contribution in [0.25, 0.3) is 0 Å². The first-order chi connectivity index (χ1) is 8.22. The highest BCUT2D eigenvalue weighted by Gasteiger charge is 2.18. The molecule has 1 fully saturated rings. The average Bonchev–Trinajstić information content (AvgIpc) is 2.29. The van der Waals surface area contributed by atoms with Crippen molar-refractivity contribution in [2.75, 3.05) is 32.8 Å². The van der Waals surface area contributed by atoms with Crippen molar-refractivity contribution in [3.8, 4) is 6.07 Å². The maximum atomic E-state index is 11.2. The number of nitrogens with zero attached hydrogens (tertiary/aromatic N) is 1. The number of hydrogen-bond acceptors (Lipinski definition) is 5. The van der Waals surface area contributed by atoms with Crippen molar-refractivity contribution in [3.63, 3.8) is 0 Å². The standard InChI is InChI=1S/C11H19N3O3/c1-9-5-13-6-10(17-9)7-16-8-11(15)14-4-2-3-12/h9-10,13H,2,4-8H2,1H3,(H,14,15). The van der Waals surface area contributed by atoms with Crippen molar-refractivity contribution in [3.05, 3.63) is 0 Å². The van der Waals surface area contributed by atoms with Gasteiger partial charge in [-0.3, -0.25) is 4.79 Å². The fourth-order valence-electron chi connectivity index (χ4n) is 1.56. The van der Waals surface area contributed by atoms with E-state index in [1.54, 1.807) is 0 Å². The van der Waals surface area contributed by atoms with Crippen molar-refractivity contribution in [2.45, 2.75) is 25.6 Å². The van der Waals surface area contributed by atoms with Crippen LogP contribution in [0.15, 0.2) is 0 Å². The van der Waals surface area contributed by atoms with E-state index in [1.165, 1.54) is 0 Å². The third kappa shape index (κ3) is 6.22. The van der Waals surface area contributed by atoms with E-state index in [0.29, 0.717) is 19.6 Å². The summed E-state index contributed by atoms with van der Waals surface area (Å²) < 4.78 is 10.9. The number of amides is 1. The van der Waals surface area contributed by atoms with Crippen LogP contribution in [-0.2, 0) is 14.3 Å². The summed E-state index contributed by atoms with van der Waals surface area (Å²) in [5, 5.41) is 14.1. The van der Waals surface area contributed by atoms with E-state index in [1.807, 2.05) is 13.0 Å². The lowest BCUT2D eigenvalue weighted by Gasteiger charge is -2.28. The van der Waals surface area contributed by atoms with Gasteiger partial charge in [-0.15, -0.1) is 0 Å². The lowest BCUT2D eigenvalue weighted by atomic mass is 10.2. The minimum Gasteiger partial charge on any atom is -0.370 e. The Bertz CT molecular complexity index is 278. The van der Waals surface area contributed by atoms with Gasteiger partial charge in [0, 0.05) is 19.6 Å². The van der Waals surface area contributed by atoms with E-state index in [4.69, 9.17) is 14.7 Å². The minimum atomic E-state index is -0.197. The van der Waals surface area contributed by atoms with Gasteiger partial charge in [-0.25, -0.2) is 0 Å². The molecule has 1 aliphatic rings. The Morgan fingerprint density at radius 2 is 2.47 bits per heavy atom. The number of carbonyl (C=O) groups is 1. The smallest absolute Gasteiger partial charge is 0.246 e. The molecule has 0 spiro atoms. The number of nitriles is 1. The van der Waals surface area contributed by atoms with Crippen molar-refractivity contribution in [1.29, 1.82) is 5.26 Å². The average molecular weight is 241 g/mol. The number of nitrogens with one attached hydrogen (secondary N) is 2. The molecule has 1 amide bonds. The highest BCUT2D eigenvalue weighted by molar-refractivity contribution is 5.77. The SMILES string of the molecule is CC1CNCC(COCC(=O)NCCC#N)O1. The van der Waals surface area contributed by atoms with Gasteiger partial charge in [-0.05, 0) is 6.92 Å². The number of morpholine rings is 1. The summed E-state index contributed by atoms with van der Waals surface area (Å²) in [6, 6.07) is 1.95. The Hall–Kier alpha value is -1.16. The molecule has 0 aromatic rings. The number of carbonyl (C=O) groups excluding carboxylic acids is 1. The summed E-state index contributed by atoms with van der Waals surface area (Å²) in [5.41, 5.74) is 0. The van der Waals surface area contributed by atoms with E-state index in [9.17, 15) is 4.79 Å². The molecule has 1 aliphatic heterocycles. The molecule has 1 rings (SSSR count). The van der Waals surface area contributed by atoms with E-state index in [2.05, 4.69) is 10.6 Å². The quantitative estimate of drug-likeness (QED) is 0.607. The Balaban J connectivity index is 2.03. The molecular weight excluding hydrogens is 222 g/mol. The van der Waals surface area contributed by atoms with Gasteiger partial charge in [0.05, 0.1) is 31.3 Å². The van der Waals surface area contributed by atoms with E-state index in [-0.39, 0.29) is 24.7 Å². The van der Waals surface area contributed by atoms with Gasteiger partial charge in [-0.2, -0.15) is 5.26 Å². The van der Waals surface area contributed by atoms with Gasteiger partial charge in [-0.1, -0.05) is 0 Å². The van der Waals surface area contributed by atoms with Crippen molar-refractivity contribution < 1.29 is 14.3 Å². The largest absolute Gasteiger partial charge is 0.370 e. The number of hydrogen-bond donors (Lipinski definition) is 2. The molecule has 2 atom stereocenters. The molecular formula is C11H19N3O3. The van der Waals surface area contributed by atoms with Crippen LogP contribution in [0, 0.1) is 11.3 Å². The fourth-order valence-corrected chi connectivity index (χ4v) is 1.56. The van der Waals surface area contributed by atoms with Crippen molar-refractivity contribution in [2.24, 2.45) is 0 Å². The summed E-state index contributed by atoms with van der Waals surface area (Å²) in [6.45, 7) is 4.39. The molecule has 6 nitrogen and oxygen atoms in total. The lowest BCUT2D eigenvalue weighted by Crippen LogP contribution is -2.45. The van der Waals surface area contributed by atoms with Crippen LogP contribution < -0.4 is 10.6 Å². The molecule has 2 unspecified atom stereocenters. The minimum absolute atomic E-state index is 0.00524. The Morgan fingerprint density at radius 3 is 3.18 bits per heavy atom. The second kappa shape index (κ2) is 8.01. The van der Waals surface area contributed by atoms with Gasteiger partial charge in [0.25, 0.3) is 0 Å². The summed E-state index contributed by atoms with van der Waals surface area (Å²) in [5.74, 6) is -0.197. The third-order valence-electron chi connectivity index (χ3n) is 2.32. The highest BCUT2D eigenvalue weighted by atomic mass is 16.5. The summed E-state index contributed by atoms with van der Waals surface area (Å²) in [4.78, 5) is 11.2. The van der Waals surface area contributed by atoms with Crippen LogP contribution >= 0.6 is 0 Å². The number of rotatable bonds is 6. The molecule has 96 valence electrons. The second-order valence-electron chi connectivity index (χ2n) is 4.00. The van der Waals surface area contributed by atoms with Crippen LogP contribution in [-0.4, -0.2) is 51.0 Å². The molecule has 0 bridgehead atoms. The summed E-state index contributed by atoms with van der Waals surface area (Å²) in [7, 11) is 0. The molecule has 17 heavy (non-hydrogen) atoms. The second-order valence-corrected chi connectivity index (χ2v) is 4.00. The summed E-state index contributed by atoms with van der Waals surface area (Å²) in [6.07, 6.45) is 0.506. The monoisotopic (exact) mass is 241 g/mol. The van der Waals surface area contributed by atoms with Gasteiger partial charge in [0.15, 0.2) is 0 Å². The summed E-state index contributed by atoms with van der Waals surface area (Å²) >= 11 is 0. The predicted molar refractivity (Wildman–Crippen MR) is 61.3 cm³/mol. The van der Waals surface area contributed by atoms with Crippen LogP contribution in [0.4, 0.5) is 0 Å². The first kappa shape index (κ1) is 13.9. The van der Waals surface area contributed by atoms with Crippen molar-refractivity contribution in [1.82, 2.24) is 10.6 Å².